The van der Waals surface area contributed by atoms with Crippen molar-refractivity contribution in [3.8, 4) is 5.75 Å². The van der Waals surface area contributed by atoms with Gasteiger partial charge in [0.2, 0.25) is 0 Å². The molecule has 0 heterocycles. The van der Waals surface area contributed by atoms with Gasteiger partial charge in [0.15, 0.2) is 12.4 Å². The first-order valence-corrected chi connectivity index (χ1v) is 9.97. The normalized spacial score (nSPS) is 14.0. The van der Waals surface area contributed by atoms with Crippen LogP contribution in [0.3, 0.4) is 0 Å². The lowest BCUT2D eigenvalue weighted by Crippen LogP contribution is -2.33. The van der Waals surface area contributed by atoms with Crippen molar-refractivity contribution in [3.63, 3.8) is 0 Å². The van der Waals surface area contributed by atoms with Crippen LogP contribution in [0.5, 0.6) is 5.75 Å². The molecule has 3 aromatic carbocycles. The van der Waals surface area contributed by atoms with Crippen molar-refractivity contribution >= 4 is 11.7 Å². The Labute approximate surface area is 174 Å². The minimum Gasteiger partial charge on any atom is -0.484 e. The molecule has 1 fully saturated rings. The van der Waals surface area contributed by atoms with Crippen LogP contribution >= 0.6 is 0 Å². The number of carbonyl (C=O) groups excluding carboxylic acids is 2. The molecule has 4 nitrogen and oxygen atoms in total. The number of hydrogen-bond donors (Lipinski definition) is 1. The highest BCUT2D eigenvalue weighted by molar-refractivity contribution is 6.09. The number of ether oxygens (including phenoxy) is 1. The summed E-state index contributed by atoms with van der Waals surface area (Å²) in [6.45, 7) is -0.0959. The van der Waals surface area contributed by atoms with Gasteiger partial charge in [-0.3, -0.25) is 9.59 Å². The van der Waals surface area contributed by atoms with E-state index in [1.54, 1.807) is 24.3 Å². The summed E-state index contributed by atoms with van der Waals surface area (Å²) >= 11 is 0. The van der Waals surface area contributed by atoms with Crippen molar-refractivity contribution < 1.29 is 18.7 Å². The number of halogens is 1. The smallest absolute Gasteiger partial charge is 0.258 e. The second-order valence-electron chi connectivity index (χ2n) is 7.44. The molecule has 0 bridgehead atoms. The quantitative estimate of drug-likeness (QED) is 0.555. The maximum Gasteiger partial charge on any atom is 0.258 e. The molecule has 4 rings (SSSR count). The number of ketones is 1. The number of benzene rings is 3. The molecule has 0 radical (unpaired) electrons. The lowest BCUT2D eigenvalue weighted by atomic mass is 10.0. The predicted molar refractivity (Wildman–Crippen MR) is 112 cm³/mol. The molecule has 3 aromatic rings. The van der Waals surface area contributed by atoms with Crippen LogP contribution in [0.2, 0.25) is 0 Å². The van der Waals surface area contributed by atoms with Crippen molar-refractivity contribution in [2.24, 2.45) is 5.92 Å². The van der Waals surface area contributed by atoms with Gasteiger partial charge in [-0.1, -0.05) is 30.3 Å². The molecular weight excluding hydrogens is 381 g/mol. The Bertz CT molecular complexity index is 1010. The number of hydrogen-bond acceptors (Lipinski definition) is 3. The van der Waals surface area contributed by atoms with E-state index in [-0.39, 0.29) is 30.2 Å². The molecule has 30 heavy (non-hydrogen) atoms. The van der Waals surface area contributed by atoms with Gasteiger partial charge in [-0.05, 0) is 72.9 Å². The van der Waals surface area contributed by atoms with Gasteiger partial charge in [-0.15, -0.1) is 0 Å². The number of amides is 1. The predicted octanol–water partition coefficient (Wildman–Crippen LogP) is 4.70. The van der Waals surface area contributed by atoms with Crippen molar-refractivity contribution in [3.05, 3.63) is 101 Å². The average Bonchev–Trinajstić information content (AvgIpc) is 3.62. The summed E-state index contributed by atoms with van der Waals surface area (Å²) in [5, 5.41) is 3.07. The second-order valence-corrected chi connectivity index (χ2v) is 7.44. The van der Waals surface area contributed by atoms with Crippen LogP contribution in [0.25, 0.3) is 0 Å². The molecule has 1 aliphatic rings. The van der Waals surface area contributed by atoms with E-state index in [1.165, 1.54) is 24.3 Å². The summed E-state index contributed by atoms with van der Waals surface area (Å²) in [5.74, 6) is 0.220. The number of carbonyl (C=O) groups is 2. The summed E-state index contributed by atoms with van der Waals surface area (Å²) in [6, 6.07) is 22.0. The second kappa shape index (κ2) is 8.91. The zero-order valence-corrected chi connectivity index (χ0v) is 16.4. The first kappa shape index (κ1) is 19.8. The van der Waals surface area contributed by atoms with E-state index in [9.17, 15) is 14.0 Å². The van der Waals surface area contributed by atoms with Gasteiger partial charge in [-0.2, -0.15) is 0 Å². The lowest BCUT2D eigenvalue weighted by molar-refractivity contribution is -0.124. The van der Waals surface area contributed by atoms with Crippen molar-refractivity contribution in [1.29, 1.82) is 0 Å². The summed E-state index contributed by atoms with van der Waals surface area (Å²) < 4.78 is 18.6. The van der Waals surface area contributed by atoms with Gasteiger partial charge < -0.3 is 10.1 Å². The minimum atomic E-state index is -0.384. The Kier molecular flexibility index (Phi) is 5.89. The third kappa shape index (κ3) is 4.92. The lowest BCUT2D eigenvalue weighted by Gasteiger charge is -2.19. The molecule has 1 N–H and O–H groups in total. The standard InChI is InChI=1S/C25H22FNO3/c26-21-12-8-19(9-13-21)25(29)20-10-14-22(15-11-20)30-16-23(28)27-24(18-6-7-18)17-4-2-1-3-5-17/h1-5,8-15,18,24H,6-7,16H2,(H,27,28). The third-order valence-electron chi connectivity index (χ3n) is 5.16. The zero-order valence-electron chi connectivity index (χ0n) is 16.4. The molecule has 0 spiro atoms. The van der Waals surface area contributed by atoms with E-state index in [0.29, 0.717) is 22.8 Å². The van der Waals surface area contributed by atoms with E-state index in [1.807, 2.05) is 30.3 Å². The zero-order chi connectivity index (χ0) is 20.9. The Hall–Kier alpha value is -3.47. The van der Waals surface area contributed by atoms with E-state index >= 15 is 0 Å². The van der Waals surface area contributed by atoms with E-state index in [4.69, 9.17) is 4.74 Å². The van der Waals surface area contributed by atoms with E-state index in [0.717, 1.165) is 18.4 Å². The van der Waals surface area contributed by atoms with Crippen molar-refractivity contribution in [1.82, 2.24) is 5.32 Å². The molecule has 1 atom stereocenters. The van der Waals surface area contributed by atoms with Gasteiger partial charge in [0.25, 0.3) is 5.91 Å². The van der Waals surface area contributed by atoms with Crippen LogP contribution in [0.1, 0.15) is 40.4 Å². The van der Waals surface area contributed by atoms with Crippen LogP contribution in [0, 0.1) is 11.7 Å². The molecule has 152 valence electrons. The SMILES string of the molecule is O=C(COc1ccc(C(=O)c2ccc(F)cc2)cc1)NC(c1ccccc1)C1CC1. The van der Waals surface area contributed by atoms with E-state index < -0.39 is 0 Å². The molecule has 0 aromatic heterocycles. The van der Waals surface area contributed by atoms with Crippen LogP contribution in [-0.4, -0.2) is 18.3 Å². The van der Waals surface area contributed by atoms with Gasteiger partial charge in [0.1, 0.15) is 11.6 Å². The van der Waals surface area contributed by atoms with Gasteiger partial charge >= 0.3 is 0 Å². The Morgan fingerprint density at radius 2 is 1.50 bits per heavy atom. The topological polar surface area (TPSA) is 55.4 Å². The summed E-state index contributed by atoms with van der Waals surface area (Å²) in [5.41, 5.74) is 1.99. The fourth-order valence-corrected chi connectivity index (χ4v) is 3.40. The maximum atomic E-state index is 13.0. The van der Waals surface area contributed by atoms with Crippen molar-refractivity contribution in [2.45, 2.75) is 18.9 Å². The highest BCUT2D eigenvalue weighted by Gasteiger charge is 2.33. The van der Waals surface area contributed by atoms with Crippen molar-refractivity contribution in [2.75, 3.05) is 6.61 Å². The summed E-state index contributed by atoms with van der Waals surface area (Å²) in [7, 11) is 0. The summed E-state index contributed by atoms with van der Waals surface area (Å²) in [6.07, 6.45) is 2.23. The number of nitrogens with one attached hydrogen (secondary N) is 1. The molecule has 0 aliphatic heterocycles. The molecule has 1 aliphatic carbocycles. The number of rotatable bonds is 8. The molecule has 1 unspecified atom stereocenters. The van der Waals surface area contributed by atoms with Crippen LogP contribution in [-0.2, 0) is 4.79 Å². The van der Waals surface area contributed by atoms with Crippen LogP contribution in [0.15, 0.2) is 78.9 Å². The highest BCUT2D eigenvalue weighted by Crippen LogP contribution is 2.40. The molecule has 1 saturated carbocycles. The molecule has 0 saturated heterocycles. The molecule has 1 amide bonds. The van der Waals surface area contributed by atoms with Gasteiger partial charge in [0, 0.05) is 11.1 Å². The Balaban J connectivity index is 1.33. The Morgan fingerprint density at radius 3 is 2.10 bits per heavy atom. The third-order valence-corrected chi connectivity index (χ3v) is 5.16. The Morgan fingerprint density at radius 1 is 0.900 bits per heavy atom. The minimum absolute atomic E-state index is 0.0120. The van der Waals surface area contributed by atoms with E-state index in [2.05, 4.69) is 5.32 Å². The monoisotopic (exact) mass is 403 g/mol. The largest absolute Gasteiger partial charge is 0.484 e. The molecule has 5 heteroatoms. The molecular formula is C25H22FNO3. The summed E-state index contributed by atoms with van der Waals surface area (Å²) in [4.78, 5) is 24.8. The first-order valence-electron chi connectivity index (χ1n) is 9.97. The maximum absolute atomic E-state index is 13.0. The van der Waals surface area contributed by atoms with Gasteiger partial charge in [-0.25, -0.2) is 4.39 Å². The first-order chi connectivity index (χ1) is 14.6. The van der Waals surface area contributed by atoms with Gasteiger partial charge in [0.05, 0.1) is 6.04 Å². The van der Waals surface area contributed by atoms with Crippen LogP contribution < -0.4 is 10.1 Å². The highest BCUT2D eigenvalue weighted by atomic mass is 19.1. The fraction of sp³-hybridized carbons (Fsp3) is 0.200. The van der Waals surface area contributed by atoms with Crippen LogP contribution in [0.4, 0.5) is 4.39 Å². The fourth-order valence-electron chi connectivity index (χ4n) is 3.40. The average molecular weight is 403 g/mol.